The molecular formula is C39H72NO10P. The van der Waals surface area contributed by atoms with E-state index in [4.69, 9.17) is 24.8 Å². The summed E-state index contributed by atoms with van der Waals surface area (Å²) in [6.45, 7) is 2.75. The molecule has 0 rings (SSSR count). The van der Waals surface area contributed by atoms with Crippen LogP contribution in [0.4, 0.5) is 0 Å². The quantitative estimate of drug-likeness (QED) is 0.0239. The predicted molar refractivity (Wildman–Crippen MR) is 203 cm³/mol. The summed E-state index contributed by atoms with van der Waals surface area (Å²) < 4.78 is 32.6. The monoisotopic (exact) mass is 745 g/mol. The summed E-state index contributed by atoms with van der Waals surface area (Å²) >= 11 is 0. The van der Waals surface area contributed by atoms with Crippen molar-refractivity contribution in [3.8, 4) is 0 Å². The lowest BCUT2D eigenvalue weighted by Crippen LogP contribution is -2.34. The maximum Gasteiger partial charge on any atom is 0.472 e. The van der Waals surface area contributed by atoms with Crippen molar-refractivity contribution in [3.63, 3.8) is 0 Å². The molecule has 0 amide bonds. The molecule has 12 heteroatoms. The summed E-state index contributed by atoms with van der Waals surface area (Å²) in [5.41, 5.74) is 5.32. The molecule has 3 atom stereocenters. The normalized spacial score (nSPS) is 14.1. The van der Waals surface area contributed by atoms with Gasteiger partial charge in [0, 0.05) is 12.8 Å². The van der Waals surface area contributed by atoms with Gasteiger partial charge in [0.1, 0.15) is 12.6 Å². The maximum atomic E-state index is 12.6. The van der Waals surface area contributed by atoms with Crippen LogP contribution in [-0.2, 0) is 37.5 Å². The number of allylic oxidation sites excluding steroid dienone is 4. The Balaban J connectivity index is 4.44. The van der Waals surface area contributed by atoms with Gasteiger partial charge in [-0.1, -0.05) is 141 Å². The molecule has 11 nitrogen and oxygen atoms in total. The minimum Gasteiger partial charge on any atom is -0.480 e. The van der Waals surface area contributed by atoms with Gasteiger partial charge in [-0.15, -0.1) is 0 Å². The number of esters is 2. The zero-order valence-electron chi connectivity index (χ0n) is 31.9. The molecule has 0 aliphatic heterocycles. The summed E-state index contributed by atoms with van der Waals surface area (Å²) in [7, 11) is -4.71. The zero-order chi connectivity index (χ0) is 37.8. The predicted octanol–water partition coefficient (Wildman–Crippen LogP) is 9.89. The number of hydrogen-bond donors (Lipinski definition) is 3. The van der Waals surface area contributed by atoms with Crippen LogP contribution in [-0.4, -0.2) is 59.9 Å². The van der Waals surface area contributed by atoms with Crippen LogP contribution in [0.3, 0.4) is 0 Å². The smallest absolute Gasteiger partial charge is 0.472 e. The van der Waals surface area contributed by atoms with Crippen LogP contribution in [0, 0.1) is 0 Å². The molecule has 0 aromatic heterocycles. The van der Waals surface area contributed by atoms with Gasteiger partial charge in [0.2, 0.25) is 0 Å². The highest BCUT2D eigenvalue weighted by molar-refractivity contribution is 7.47. The molecule has 0 fully saturated rings. The van der Waals surface area contributed by atoms with E-state index >= 15 is 0 Å². The first-order valence-corrected chi connectivity index (χ1v) is 21.4. The molecule has 0 aromatic carbocycles. The van der Waals surface area contributed by atoms with Gasteiger partial charge in [-0.25, -0.2) is 4.57 Å². The average Bonchev–Trinajstić information content (AvgIpc) is 3.10. The first-order chi connectivity index (χ1) is 24.6. The van der Waals surface area contributed by atoms with Crippen LogP contribution in [0.2, 0.25) is 0 Å². The van der Waals surface area contributed by atoms with E-state index in [0.29, 0.717) is 12.8 Å². The van der Waals surface area contributed by atoms with Gasteiger partial charge in [0.15, 0.2) is 6.10 Å². The van der Waals surface area contributed by atoms with Crippen molar-refractivity contribution < 1.29 is 47.5 Å². The van der Waals surface area contributed by atoms with Crippen molar-refractivity contribution in [3.05, 3.63) is 24.3 Å². The van der Waals surface area contributed by atoms with E-state index < -0.39 is 51.1 Å². The zero-order valence-corrected chi connectivity index (χ0v) is 32.8. The second kappa shape index (κ2) is 35.0. The SMILES string of the molecule is CCCCC/C=C\C/C=C\CCCCCCCC(=O)O[C@H](COC(=O)CCCCCCCCCCCCCC)COP(=O)(O)OC[C@H](N)C(=O)O. The van der Waals surface area contributed by atoms with Crippen LogP contribution in [0.15, 0.2) is 24.3 Å². The lowest BCUT2D eigenvalue weighted by molar-refractivity contribution is -0.161. The summed E-state index contributed by atoms with van der Waals surface area (Å²) in [6.07, 6.45) is 33.8. The maximum absolute atomic E-state index is 12.6. The third-order valence-electron chi connectivity index (χ3n) is 8.45. The van der Waals surface area contributed by atoms with Gasteiger partial charge in [0.05, 0.1) is 13.2 Å². The molecule has 51 heavy (non-hydrogen) atoms. The Morgan fingerprint density at radius 3 is 1.57 bits per heavy atom. The Bertz CT molecular complexity index is 974. The molecule has 0 saturated heterocycles. The molecule has 0 radical (unpaired) electrons. The Labute approximate surface area is 309 Å². The fourth-order valence-corrected chi connectivity index (χ4v) is 6.05. The Morgan fingerprint density at radius 1 is 0.608 bits per heavy atom. The molecule has 0 aliphatic carbocycles. The molecule has 1 unspecified atom stereocenters. The number of phosphoric ester groups is 1. The number of hydrogen-bond acceptors (Lipinski definition) is 9. The molecule has 0 aliphatic rings. The van der Waals surface area contributed by atoms with Gasteiger partial charge >= 0.3 is 25.7 Å². The number of carboxylic acid groups (broad SMARTS) is 1. The van der Waals surface area contributed by atoms with E-state index in [2.05, 4.69) is 42.7 Å². The Hall–Kier alpha value is -2.04. The van der Waals surface area contributed by atoms with E-state index in [0.717, 1.165) is 64.2 Å². The average molecular weight is 746 g/mol. The van der Waals surface area contributed by atoms with Gasteiger partial charge < -0.3 is 25.2 Å². The molecular weight excluding hydrogens is 673 g/mol. The third-order valence-corrected chi connectivity index (χ3v) is 9.40. The Kier molecular flexibility index (Phi) is 33.6. The van der Waals surface area contributed by atoms with Crippen molar-refractivity contribution in [2.45, 2.75) is 187 Å². The highest BCUT2D eigenvalue weighted by Crippen LogP contribution is 2.43. The highest BCUT2D eigenvalue weighted by Gasteiger charge is 2.28. The largest absolute Gasteiger partial charge is 0.480 e. The molecule has 298 valence electrons. The summed E-state index contributed by atoms with van der Waals surface area (Å²) in [4.78, 5) is 45.8. The van der Waals surface area contributed by atoms with Gasteiger partial charge in [-0.2, -0.15) is 0 Å². The number of carboxylic acids is 1. The minimum absolute atomic E-state index is 0.147. The second-order valence-electron chi connectivity index (χ2n) is 13.4. The fourth-order valence-electron chi connectivity index (χ4n) is 5.27. The third kappa shape index (κ3) is 34.8. The van der Waals surface area contributed by atoms with Crippen LogP contribution in [0.25, 0.3) is 0 Å². The molecule has 0 saturated carbocycles. The van der Waals surface area contributed by atoms with Crippen LogP contribution in [0.1, 0.15) is 174 Å². The van der Waals surface area contributed by atoms with Gasteiger partial charge in [0.25, 0.3) is 0 Å². The van der Waals surface area contributed by atoms with Gasteiger partial charge in [-0.05, 0) is 44.9 Å². The van der Waals surface area contributed by atoms with E-state index in [1.165, 1.54) is 70.6 Å². The van der Waals surface area contributed by atoms with Crippen LogP contribution in [0.5, 0.6) is 0 Å². The number of carbonyl (C=O) groups is 3. The van der Waals surface area contributed by atoms with E-state index in [1.54, 1.807) is 0 Å². The fraction of sp³-hybridized carbons (Fsp3) is 0.821. The van der Waals surface area contributed by atoms with Crippen molar-refractivity contribution in [1.82, 2.24) is 0 Å². The number of aliphatic carboxylic acids is 1. The number of carbonyl (C=O) groups excluding carboxylic acids is 2. The summed E-state index contributed by atoms with van der Waals surface area (Å²) in [5.74, 6) is -2.39. The number of phosphoric acid groups is 1. The summed E-state index contributed by atoms with van der Waals surface area (Å²) in [6, 6.07) is -1.52. The number of ether oxygens (including phenoxy) is 2. The number of unbranched alkanes of at least 4 members (excludes halogenated alkanes) is 19. The first-order valence-electron chi connectivity index (χ1n) is 19.9. The molecule has 0 bridgehead atoms. The number of rotatable bonds is 37. The van der Waals surface area contributed by atoms with Crippen LogP contribution < -0.4 is 5.73 Å². The Morgan fingerprint density at radius 2 is 1.04 bits per heavy atom. The van der Waals surface area contributed by atoms with Crippen molar-refractivity contribution in [1.29, 1.82) is 0 Å². The molecule has 0 heterocycles. The number of nitrogens with two attached hydrogens (primary N) is 1. The van der Waals surface area contributed by atoms with E-state index in [1.807, 2.05) is 0 Å². The topological polar surface area (TPSA) is 172 Å². The van der Waals surface area contributed by atoms with Crippen molar-refractivity contribution >= 4 is 25.7 Å². The lowest BCUT2D eigenvalue weighted by Gasteiger charge is -2.20. The lowest BCUT2D eigenvalue weighted by atomic mass is 10.0. The molecule has 0 aromatic rings. The van der Waals surface area contributed by atoms with Crippen molar-refractivity contribution in [2.75, 3.05) is 19.8 Å². The second-order valence-corrected chi connectivity index (χ2v) is 14.9. The minimum atomic E-state index is -4.71. The van der Waals surface area contributed by atoms with Crippen LogP contribution >= 0.6 is 7.82 Å². The van der Waals surface area contributed by atoms with E-state index in [-0.39, 0.29) is 19.4 Å². The molecule has 0 spiro atoms. The van der Waals surface area contributed by atoms with E-state index in [9.17, 15) is 23.8 Å². The van der Waals surface area contributed by atoms with Gasteiger partial charge in [-0.3, -0.25) is 23.4 Å². The highest BCUT2D eigenvalue weighted by atomic mass is 31.2. The van der Waals surface area contributed by atoms with Crippen molar-refractivity contribution in [2.24, 2.45) is 5.73 Å². The first kappa shape index (κ1) is 49.0. The summed E-state index contributed by atoms with van der Waals surface area (Å²) in [5, 5.41) is 8.86. The molecule has 4 N–H and O–H groups in total. The standard InChI is InChI=1S/C39H72NO10P/c1-3-5-7-9-11-13-15-17-18-19-21-23-25-27-29-31-38(42)50-35(33-48-51(45,46)49-34-36(40)39(43)44)32-47-37(41)30-28-26-24-22-20-16-14-12-10-8-6-4-2/h11,13,17-18,35-36H,3-10,12,14-16,19-34,40H2,1-2H3,(H,43,44)(H,45,46)/b13-11-,18-17-/t35-,36+/m1/s1.